The summed E-state index contributed by atoms with van der Waals surface area (Å²) in [6.07, 6.45) is 0. The van der Waals surface area contributed by atoms with E-state index in [0.717, 1.165) is 37.1 Å². The zero-order valence-electron chi connectivity index (χ0n) is 12.8. The van der Waals surface area contributed by atoms with Crippen molar-refractivity contribution in [1.82, 2.24) is 4.90 Å². The fourth-order valence-corrected chi connectivity index (χ4v) is 3.71. The predicted molar refractivity (Wildman–Crippen MR) is 97.1 cm³/mol. The lowest BCUT2D eigenvalue weighted by Crippen LogP contribution is -2.46. The molecule has 0 aliphatic carbocycles. The van der Waals surface area contributed by atoms with Crippen molar-refractivity contribution in [3.63, 3.8) is 0 Å². The first kappa shape index (κ1) is 15.7. The van der Waals surface area contributed by atoms with Crippen LogP contribution < -0.4 is 4.90 Å². The molecule has 0 radical (unpaired) electrons. The van der Waals surface area contributed by atoms with Crippen molar-refractivity contribution in [2.45, 2.75) is 11.8 Å². The summed E-state index contributed by atoms with van der Waals surface area (Å²) in [6.45, 7) is 6.46. The number of piperazine rings is 1. The maximum atomic E-state index is 6.08. The average Bonchev–Trinajstić information content (AvgIpc) is 2.55. The Morgan fingerprint density at radius 2 is 1.73 bits per heavy atom. The Labute approximate surface area is 142 Å². The molecule has 2 nitrogen and oxygen atoms in total. The molecule has 0 bridgehead atoms. The zero-order valence-corrected chi connectivity index (χ0v) is 14.4. The Hall–Kier alpha value is -1.16. The van der Waals surface area contributed by atoms with E-state index in [2.05, 4.69) is 53.1 Å². The van der Waals surface area contributed by atoms with Gasteiger partial charge >= 0.3 is 0 Å². The minimum atomic E-state index is 0.815. The maximum absolute atomic E-state index is 6.08. The summed E-state index contributed by atoms with van der Waals surface area (Å²) in [5.74, 6) is 1.06. The first-order chi connectivity index (χ1) is 10.7. The number of thioether (sulfide) groups is 1. The molecule has 2 aromatic carbocycles. The summed E-state index contributed by atoms with van der Waals surface area (Å²) in [7, 11) is 0. The maximum Gasteiger partial charge on any atom is 0.0493 e. The predicted octanol–water partition coefficient (Wildman–Crippen LogP) is 4.52. The number of rotatable bonds is 4. The Bertz CT molecular complexity index is 607. The molecule has 0 N–H and O–H groups in total. The highest BCUT2D eigenvalue weighted by molar-refractivity contribution is 7.99. The minimum Gasteiger partial charge on any atom is -0.369 e. The van der Waals surface area contributed by atoms with Crippen molar-refractivity contribution in [3.8, 4) is 0 Å². The molecular formula is C18H21ClN2S. The Kier molecular flexibility index (Phi) is 5.29. The molecule has 0 atom stereocenters. The van der Waals surface area contributed by atoms with Gasteiger partial charge in [-0.1, -0.05) is 35.4 Å². The smallest absolute Gasteiger partial charge is 0.0493 e. The van der Waals surface area contributed by atoms with Gasteiger partial charge < -0.3 is 4.90 Å². The van der Waals surface area contributed by atoms with Gasteiger partial charge in [0.15, 0.2) is 0 Å². The number of aryl methyl sites for hydroxylation is 1. The number of hydrogen-bond donors (Lipinski definition) is 0. The summed E-state index contributed by atoms with van der Waals surface area (Å²) in [6, 6.07) is 16.9. The molecule has 1 saturated heterocycles. The average molecular weight is 333 g/mol. The van der Waals surface area contributed by atoms with Crippen LogP contribution in [-0.4, -0.2) is 37.0 Å². The lowest BCUT2D eigenvalue weighted by Gasteiger charge is -2.36. The third-order valence-electron chi connectivity index (χ3n) is 3.98. The topological polar surface area (TPSA) is 6.48 Å². The molecule has 0 amide bonds. The summed E-state index contributed by atoms with van der Waals surface area (Å²) < 4.78 is 0. The summed E-state index contributed by atoms with van der Waals surface area (Å²) >= 11 is 8.00. The second-order valence-electron chi connectivity index (χ2n) is 5.67. The number of benzene rings is 2. The second kappa shape index (κ2) is 7.40. The van der Waals surface area contributed by atoms with Crippen LogP contribution in [0.5, 0.6) is 0 Å². The van der Waals surface area contributed by atoms with E-state index in [-0.39, 0.29) is 0 Å². The summed E-state index contributed by atoms with van der Waals surface area (Å²) in [5.41, 5.74) is 2.55. The van der Waals surface area contributed by atoms with Gasteiger partial charge in [-0.25, -0.2) is 0 Å². The largest absolute Gasteiger partial charge is 0.369 e. The number of halogens is 1. The lowest BCUT2D eigenvalue weighted by molar-refractivity contribution is 0.301. The quantitative estimate of drug-likeness (QED) is 0.760. The van der Waals surface area contributed by atoms with E-state index in [1.807, 2.05) is 23.9 Å². The Balaban J connectivity index is 1.48. The van der Waals surface area contributed by atoms with E-state index in [4.69, 9.17) is 11.6 Å². The number of nitrogens with zero attached hydrogens (tertiary/aromatic N) is 2. The fraction of sp³-hybridized carbons (Fsp3) is 0.333. The summed E-state index contributed by atoms with van der Waals surface area (Å²) in [4.78, 5) is 6.28. The van der Waals surface area contributed by atoms with Crippen LogP contribution in [0.4, 0.5) is 5.69 Å². The molecule has 2 aromatic rings. The van der Waals surface area contributed by atoms with Crippen LogP contribution in [0, 0.1) is 6.92 Å². The SMILES string of the molecule is Cc1ccc(SCN2CCN(c3cccc(Cl)c3)CC2)cc1. The molecule has 1 aliphatic heterocycles. The Morgan fingerprint density at radius 1 is 1.00 bits per heavy atom. The molecule has 116 valence electrons. The highest BCUT2D eigenvalue weighted by Gasteiger charge is 2.17. The van der Waals surface area contributed by atoms with Crippen LogP contribution >= 0.6 is 23.4 Å². The zero-order chi connectivity index (χ0) is 15.4. The van der Waals surface area contributed by atoms with Crippen molar-refractivity contribution in [2.24, 2.45) is 0 Å². The standard InChI is InChI=1S/C18H21ClN2S/c1-15-5-7-18(8-6-15)22-14-20-9-11-21(12-10-20)17-4-2-3-16(19)13-17/h2-8,13H,9-12,14H2,1H3. The van der Waals surface area contributed by atoms with Crippen molar-refractivity contribution in [1.29, 1.82) is 0 Å². The molecule has 22 heavy (non-hydrogen) atoms. The molecule has 1 fully saturated rings. The van der Waals surface area contributed by atoms with E-state index in [1.54, 1.807) is 0 Å². The number of anilines is 1. The third kappa shape index (κ3) is 4.19. The molecule has 0 unspecified atom stereocenters. The highest BCUT2D eigenvalue weighted by Crippen LogP contribution is 2.23. The number of hydrogen-bond acceptors (Lipinski definition) is 3. The van der Waals surface area contributed by atoms with Gasteiger partial charge in [0.1, 0.15) is 0 Å². The monoisotopic (exact) mass is 332 g/mol. The molecule has 0 saturated carbocycles. The van der Waals surface area contributed by atoms with Crippen molar-refractivity contribution in [2.75, 3.05) is 37.0 Å². The van der Waals surface area contributed by atoms with Crippen LogP contribution in [-0.2, 0) is 0 Å². The third-order valence-corrected chi connectivity index (χ3v) is 5.32. The van der Waals surface area contributed by atoms with E-state index in [1.165, 1.54) is 16.1 Å². The first-order valence-corrected chi connectivity index (χ1v) is 8.99. The van der Waals surface area contributed by atoms with Gasteiger partial charge in [-0.2, -0.15) is 0 Å². The van der Waals surface area contributed by atoms with E-state index in [9.17, 15) is 0 Å². The fourth-order valence-electron chi connectivity index (χ4n) is 2.61. The van der Waals surface area contributed by atoms with Gasteiger partial charge in [0.05, 0.1) is 0 Å². The van der Waals surface area contributed by atoms with Crippen LogP contribution in [0.15, 0.2) is 53.4 Å². The molecule has 3 rings (SSSR count). The highest BCUT2D eigenvalue weighted by atomic mass is 35.5. The molecule has 1 heterocycles. The van der Waals surface area contributed by atoms with Gasteiger partial charge in [0, 0.05) is 47.7 Å². The van der Waals surface area contributed by atoms with Crippen LogP contribution in [0.25, 0.3) is 0 Å². The molecular weight excluding hydrogens is 312 g/mol. The molecule has 0 aromatic heterocycles. The van der Waals surface area contributed by atoms with Gasteiger partial charge in [-0.3, -0.25) is 4.90 Å². The van der Waals surface area contributed by atoms with E-state index in [0.29, 0.717) is 0 Å². The summed E-state index contributed by atoms with van der Waals surface area (Å²) in [5, 5.41) is 0.815. The lowest BCUT2D eigenvalue weighted by atomic mass is 10.2. The van der Waals surface area contributed by atoms with Gasteiger partial charge in [0.2, 0.25) is 0 Å². The molecule has 4 heteroatoms. The van der Waals surface area contributed by atoms with Crippen LogP contribution in [0.3, 0.4) is 0 Å². The van der Waals surface area contributed by atoms with Gasteiger partial charge in [0.25, 0.3) is 0 Å². The van der Waals surface area contributed by atoms with Crippen molar-refractivity contribution >= 4 is 29.1 Å². The normalized spacial score (nSPS) is 16.0. The Morgan fingerprint density at radius 3 is 2.41 bits per heavy atom. The van der Waals surface area contributed by atoms with Crippen LogP contribution in [0.2, 0.25) is 5.02 Å². The van der Waals surface area contributed by atoms with Crippen LogP contribution in [0.1, 0.15) is 5.56 Å². The van der Waals surface area contributed by atoms with E-state index >= 15 is 0 Å². The van der Waals surface area contributed by atoms with E-state index < -0.39 is 0 Å². The molecule has 1 aliphatic rings. The second-order valence-corrected chi connectivity index (χ2v) is 7.13. The van der Waals surface area contributed by atoms with Crippen molar-refractivity contribution < 1.29 is 0 Å². The van der Waals surface area contributed by atoms with Crippen molar-refractivity contribution in [3.05, 3.63) is 59.1 Å². The molecule has 0 spiro atoms. The van der Waals surface area contributed by atoms with Gasteiger partial charge in [-0.15, -0.1) is 11.8 Å². The first-order valence-electron chi connectivity index (χ1n) is 7.63. The minimum absolute atomic E-state index is 0.815. The van der Waals surface area contributed by atoms with Gasteiger partial charge in [-0.05, 0) is 37.3 Å².